The van der Waals surface area contributed by atoms with Gasteiger partial charge in [0.25, 0.3) is 5.91 Å². The van der Waals surface area contributed by atoms with Crippen molar-refractivity contribution in [2.24, 2.45) is 0 Å². The molecule has 0 aliphatic rings. The normalized spacial score (nSPS) is 9.78. The van der Waals surface area contributed by atoms with Crippen LogP contribution in [0.1, 0.15) is 21.1 Å². The molecular formula is C13H9ClN2OS. The van der Waals surface area contributed by atoms with Crippen LogP contribution in [0.4, 0.5) is 0 Å². The van der Waals surface area contributed by atoms with Crippen LogP contribution in [0.15, 0.2) is 29.6 Å². The number of halogens is 1. The number of carbonyl (C=O) groups is 1. The quantitative estimate of drug-likeness (QED) is 0.876. The van der Waals surface area contributed by atoms with Crippen LogP contribution in [0.25, 0.3) is 0 Å². The highest BCUT2D eigenvalue weighted by atomic mass is 35.5. The molecule has 0 saturated heterocycles. The average molecular weight is 277 g/mol. The minimum absolute atomic E-state index is 0.243. The van der Waals surface area contributed by atoms with E-state index in [-0.39, 0.29) is 5.91 Å². The fraction of sp³-hybridized carbons (Fsp3) is 0.0769. The van der Waals surface area contributed by atoms with E-state index in [1.165, 1.54) is 11.3 Å². The number of thiazole rings is 1. The molecule has 3 nitrogen and oxygen atoms in total. The number of benzene rings is 1. The molecule has 2 rings (SSSR count). The lowest BCUT2D eigenvalue weighted by Crippen LogP contribution is -2.23. The van der Waals surface area contributed by atoms with E-state index in [1.807, 2.05) is 12.1 Å². The molecule has 18 heavy (non-hydrogen) atoms. The second-order valence-corrected chi connectivity index (χ2v) is 4.79. The summed E-state index contributed by atoms with van der Waals surface area (Å²) in [6, 6.07) is 7.31. The molecule has 0 fully saturated rings. The molecule has 2 aromatic rings. The molecular weight excluding hydrogens is 268 g/mol. The SMILES string of the molecule is C#Cc1nc(C(=O)NCc2cccc(Cl)c2)cs1. The standard InChI is InChI=1S/C13H9ClN2OS/c1-2-12-16-11(8-18-12)13(17)15-7-9-4-3-5-10(14)6-9/h1,3-6,8H,7H2,(H,15,17). The predicted molar refractivity (Wildman–Crippen MR) is 72.7 cm³/mol. The molecule has 0 aliphatic carbocycles. The van der Waals surface area contributed by atoms with E-state index < -0.39 is 0 Å². The van der Waals surface area contributed by atoms with Crippen LogP contribution in [-0.4, -0.2) is 10.9 Å². The van der Waals surface area contributed by atoms with E-state index in [1.54, 1.807) is 17.5 Å². The van der Waals surface area contributed by atoms with Gasteiger partial charge in [-0.05, 0) is 23.6 Å². The highest BCUT2D eigenvalue weighted by Crippen LogP contribution is 2.11. The molecule has 0 atom stereocenters. The van der Waals surface area contributed by atoms with Gasteiger partial charge in [-0.25, -0.2) is 4.98 Å². The van der Waals surface area contributed by atoms with Gasteiger partial charge in [0, 0.05) is 16.9 Å². The molecule has 1 heterocycles. The van der Waals surface area contributed by atoms with Gasteiger partial charge in [-0.1, -0.05) is 23.7 Å². The summed E-state index contributed by atoms with van der Waals surface area (Å²) in [5.41, 5.74) is 1.28. The van der Waals surface area contributed by atoms with Crippen LogP contribution in [0, 0.1) is 12.3 Å². The minimum Gasteiger partial charge on any atom is -0.347 e. The molecule has 1 amide bonds. The van der Waals surface area contributed by atoms with E-state index in [0.717, 1.165) is 5.56 Å². The Morgan fingerprint density at radius 1 is 1.56 bits per heavy atom. The molecule has 0 aliphatic heterocycles. The Labute approximate surface area is 114 Å². The summed E-state index contributed by atoms with van der Waals surface area (Å²) < 4.78 is 0. The van der Waals surface area contributed by atoms with E-state index >= 15 is 0 Å². The van der Waals surface area contributed by atoms with Crippen molar-refractivity contribution >= 4 is 28.8 Å². The van der Waals surface area contributed by atoms with Gasteiger partial charge in [-0.2, -0.15) is 0 Å². The Hall–Kier alpha value is -1.83. The van der Waals surface area contributed by atoms with Gasteiger partial charge in [-0.15, -0.1) is 17.8 Å². The number of amides is 1. The van der Waals surface area contributed by atoms with Crippen LogP contribution in [0.5, 0.6) is 0 Å². The van der Waals surface area contributed by atoms with Gasteiger partial charge in [-0.3, -0.25) is 4.79 Å². The summed E-state index contributed by atoms with van der Waals surface area (Å²) in [4.78, 5) is 15.8. The number of hydrogen-bond acceptors (Lipinski definition) is 3. The maximum atomic E-state index is 11.8. The van der Waals surface area contributed by atoms with Crippen LogP contribution >= 0.6 is 22.9 Å². The molecule has 0 radical (unpaired) electrons. The van der Waals surface area contributed by atoms with Gasteiger partial charge in [0.2, 0.25) is 0 Å². The van der Waals surface area contributed by atoms with Crippen molar-refractivity contribution < 1.29 is 4.79 Å². The highest BCUT2D eigenvalue weighted by Gasteiger charge is 2.09. The van der Waals surface area contributed by atoms with Crippen molar-refractivity contribution in [3.63, 3.8) is 0 Å². The van der Waals surface area contributed by atoms with Gasteiger partial charge >= 0.3 is 0 Å². The summed E-state index contributed by atoms with van der Waals surface area (Å²) in [6.07, 6.45) is 5.20. The molecule has 0 saturated carbocycles. The molecule has 0 unspecified atom stereocenters. The largest absolute Gasteiger partial charge is 0.347 e. The molecule has 90 valence electrons. The third-order valence-electron chi connectivity index (χ3n) is 2.20. The third kappa shape index (κ3) is 3.10. The maximum Gasteiger partial charge on any atom is 0.271 e. The lowest BCUT2D eigenvalue weighted by atomic mass is 10.2. The second-order valence-electron chi connectivity index (χ2n) is 3.49. The number of hydrogen-bond donors (Lipinski definition) is 1. The smallest absolute Gasteiger partial charge is 0.271 e. The Bertz CT molecular complexity index is 615. The number of nitrogens with zero attached hydrogens (tertiary/aromatic N) is 1. The van der Waals surface area contributed by atoms with Crippen molar-refractivity contribution in [1.29, 1.82) is 0 Å². The lowest BCUT2D eigenvalue weighted by molar-refractivity contribution is 0.0946. The van der Waals surface area contributed by atoms with Crippen LogP contribution < -0.4 is 5.32 Å². The predicted octanol–water partition coefficient (Wildman–Crippen LogP) is 2.71. The molecule has 0 bridgehead atoms. The maximum absolute atomic E-state index is 11.8. The number of carbonyl (C=O) groups excluding carboxylic acids is 1. The Kier molecular flexibility index (Phi) is 3.98. The van der Waals surface area contributed by atoms with Gasteiger partial charge in [0.15, 0.2) is 5.01 Å². The Balaban J connectivity index is 1.98. The number of rotatable bonds is 3. The first kappa shape index (κ1) is 12.6. The minimum atomic E-state index is -0.243. The van der Waals surface area contributed by atoms with E-state index in [0.29, 0.717) is 22.3 Å². The van der Waals surface area contributed by atoms with Gasteiger partial charge in [0.1, 0.15) is 5.69 Å². The second kappa shape index (κ2) is 5.67. The zero-order valence-electron chi connectivity index (χ0n) is 9.31. The average Bonchev–Trinajstić information content (AvgIpc) is 2.85. The van der Waals surface area contributed by atoms with E-state index in [2.05, 4.69) is 16.2 Å². The van der Waals surface area contributed by atoms with E-state index in [4.69, 9.17) is 18.0 Å². The fourth-order valence-electron chi connectivity index (χ4n) is 1.36. The third-order valence-corrected chi connectivity index (χ3v) is 3.21. The lowest BCUT2D eigenvalue weighted by Gasteiger charge is -2.03. The van der Waals surface area contributed by atoms with Gasteiger partial charge in [0.05, 0.1) is 0 Å². The van der Waals surface area contributed by atoms with Crippen molar-refractivity contribution in [3.8, 4) is 12.3 Å². The topological polar surface area (TPSA) is 42.0 Å². The summed E-state index contributed by atoms with van der Waals surface area (Å²) in [7, 11) is 0. The molecule has 5 heteroatoms. The zero-order valence-corrected chi connectivity index (χ0v) is 10.9. The fourth-order valence-corrected chi connectivity index (χ4v) is 2.18. The summed E-state index contributed by atoms with van der Waals surface area (Å²) >= 11 is 7.13. The molecule has 1 aromatic heterocycles. The first-order chi connectivity index (χ1) is 8.69. The highest BCUT2D eigenvalue weighted by molar-refractivity contribution is 7.10. The first-order valence-electron chi connectivity index (χ1n) is 5.14. The Morgan fingerprint density at radius 2 is 2.39 bits per heavy atom. The Morgan fingerprint density at radius 3 is 3.06 bits per heavy atom. The van der Waals surface area contributed by atoms with Gasteiger partial charge < -0.3 is 5.32 Å². The summed E-state index contributed by atoms with van der Waals surface area (Å²) in [5, 5.41) is 5.55. The number of aromatic nitrogens is 1. The molecule has 1 N–H and O–H groups in total. The van der Waals surface area contributed by atoms with Crippen molar-refractivity contribution in [1.82, 2.24) is 10.3 Å². The summed E-state index contributed by atoms with van der Waals surface area (Å²) in [5.74, 6) is 2.15. The monoisotopic (exact) mass is 276 g/mol. The van der Waals surface area contributed by atoms with Crippen molar-refractivity contribution in [2.45, 2.75) is 6.54 Å². The molecule has 0 spiro atoms. The van der Waals surface area contributed by atoms with Crippen molar-refractivity contribution in [3.05, 3.63) is 50.9 Å². The number of nitrogens with one attached hydrogen (secondary N) is 1. The summed E-state index contributed by atoms with van der Waals surface area (Å²) in [6.45, 7) is 0.405. The first-order valence-corrected chi connectivity index (χ1v) is 6.39. The van der Waals surface area contributed by atoms with E-state index in [9.17, 15) is 4.79 Å². The zero-order chi connectivity index (χ0) is 13.0. The molecule has 1 aromatic carbocycles. The van der Waals surface area contributed by atoms with Crippen LogP contribution in [0.2, 0.25) is 5.02 Å². The van der Waals surface area contributed by atoms with Crippen LogP contribution in [0.3, 0.4) is 0 Å². The number of terminal acetylenes is 1. The van der Waals surface area contributed by atoms with Crippen LogP contribution in [-0.2, 0) is 6.54 Å². The van der Waals surface area contributed by atoms with Crippen molar-refractivity contribution in [2.75, 3.05) is 0 Å².